The fourth-order valence-electron chi connectivity index (χ4n) is 3.53. The maximum absolute atomic E-state index is 5.87. The molecule has 4 heteroatoms. The summed E-state index contributed by atoms with van der Waals surface area (Å²) < 4.78 is 0. The van der Waals surface area contributed by atoms with Crippen LogP contribution in [0.5, 0.6) is 0 Å². The van der Waals surface area contributed by atoms with E-state index in [1.54, 1.807) is 12.4 Å². The summed E-state index contributed by atoms with van der Waals surface area (Å²) >= 11 is 0. The van der Waals surface area contributed by atoms with Crippen molar-refractivity contribution in [2.24, 2.45) is 17.7 Å². The van der Waals surface area contributed by atoms with Gasteiger partial charge in [0.05, 0.1) is 17.1 Å². The van der Waals surface area contributed by atoms with Crippen molar-refractivity contribution in [2.75, 3.05) is 0 Å². The van der Waals surface area contributed by atoms with E-state index in [1.807, 2.05) is 12.1 Å². The van der Waals surface area contributed by atoms with Gasteiger partial charge in [-0.1, -0.05) is 31.9 Å². The van der Waals surface area contributed by atoms with Gasteiger partial charge < -0.3 is 0 Å². The summed E-state index contributed by atoms with van der Waals surface area (Å²) in [4.78, 5) is 8.89. The molecule has 106 valence electrons. The highest BCUT2D eigenvalue weighted by Crippen LogP contribution is 2.38. The van der Waals surface area contributed by atoms with Crippen molar-refractivity contribution in [3.05, 3.63) is 36.2 Å². The summed E-state index contributed by atoms with van der Waals surface area (Å²) in [5.74, 6) is 7.24. The summed E-state index contributed by atoms with van der Waals surface area (Å²) in [5, 5.41) is 0. The summed E-state index contributed by atoms with van der Waals surface area (Å²) in [5.41, 5.74) is 6.12. The molecule has 3 rings (SSSR count). The topological polar surface area (TPSA) is 63.8 Å². The van der Waals surface area contributed by atoms with E-state index < -0.39 is 0 Å². The molecule has 0 aliphatic heterocycles. The molecule has 0 saturated heterocycles. The molecule has 1 fully saturated rings. The first kappa shape index (κ1) is 13.5. The van der Waals surface area contributed by atoms with Crippen molar-refractivity contribution in [1.82, 2.24) is 15.4 Å². The molecule has 3 N–H and O–H groups in total. The molecule has 1 aromatic heterocycles. The molecule has 0 spiro atoms. The standard InChI is InChI=1S/C16H22N4/c1-11-4-2-5-12(10-11)15(20-17)13-6-3-7-14-16(13)19-9-8-18-14/h3,6-9,11-12,15,20H,2,4-5,10,17H2,1H3. The van der Waals surface area contributed by atoms with Crippen molar-refractivity contribution >= 4 is 11.0 Å². The normalized spacial score (nSPS) is 24.7. The number of hydrogen-bond acceptors (Lipinski definition) is 4. The van der Waals surface area contributed by atoms with Crippen molar-refractivity contribution in [3.8, 4) is 0 Å². The van der Waals surface area contributed by atoms with Gasteiger partial charge in [0.1, 0.15) is 0 Å². The second-order valence-corrected chi connectivity index (χ2v) is 5.95. The van der Waals surface area contributed by atoms with Gasteiger partial charge in [0.15, 0.2) is 0 Å². The van der Waals surface area contributed by atoms with E-state index in [0.29, 0.717) is 5.92 Å². The third kappa shape index (κ3) is 2.53. The first-order valence-corrected chi connectivity index (χ1v) is 7.45. The van der Waals surface area contributed by atoms with Crippen LogP contribution in [0.2, 0.25) is 0 Å². The Morgan fingerprint density at radius 2 is 2.10 bits per heavy atom. The van der Waals surface area contributed by atoms with Crippen LogP contribution in [0.1, 0.15) is 44.2 Å². The van der Waals surface area contributed by atoms with Crippen LogP contribution in [0.15, 0.2) is 30.6 Å². The number of nitrogens with two attached hydrogens (primary N) is 1. The lowest BCUT2D eigenvalue weighted by atomic mass is 9.76. The van der Waals surface area contributed by atoms with Gasteiger partial charge in [0, 0.05) is 12.4 Å². The molecule has 3 unspecified atom stereocenters. The Labute approximate surface area is 119 Å². The number of para-hydroxylation sites is 1. The van der Waals surface area contributed by atoms with E-state index in [9.17, 15) is 0 Å². The van der Waals surface area contributed by atoms with E-state index >= 15 is 0 Å². The number of nitrogens with one attached hydrogen (secondary N) is 1. The Bertz CT molecular complexity index is 578. The molecule has 20 heavy (non-hydrogen) atoms. The smallest absolute Gasteiger partial charge is 0.0935 e. The molecule has 0 amide bonds. The van der Waals surface area contributed by atoms with Gasteiger partial charge >= 0.3 is 0 Å². The number of aromatic nitrogens is 2. The Balaban J connectivity index is 1.98. The Morgan fingerprint density at radius 1 is 1.25 bits per heavy atom. The van der Waals surface area contributed by atoms with Crippen LogP contribution in [-0.2, 0) is 0 Å². The Kier molecular flexibility index (Phi) is 3.94. The highest BCUT2D eigenvalue weighted by Gasteiger charge is 2.28. The molecule has 0 radical (unpaired) electrons. The maximum Gasteiger partial charge on any atom is 0.0935 e. The van der Waals surface area contributed by atoms with Gasteiger partial charge in [-0.2, -0.15) is 0 Å². The van der Waals surface area contributed by atoms with E-state index in [2.05, 4.69) is 28.4 Å². The number of fused-ring (bicyclic) bond motifs is 1. The van der Waals surface area contributed by atoms with Crippen LogP contribution >= 0.6 is 0 Å². The largest absolute Gasteiger partial charge is 0.271 e. The van der Waals surface area contributed by atoms with E-state index in [4.69, 9.17) is 5.84 Å². The van der Waals surface area contributed by atoms with Gasteiger partial charge in [-0.25, -0.2) is 0 Å². The fraction of sp³-hybridized carbons (Fsp3) is 0.500. The fourth-order valence-corrected chi connectivity index (χ4v) is 3.53. The van der Waals surface area contributed by atoms with Crippen LogP contribution in [0.25, 0.3) is 11.0 Å². The van der Waals surface area contributed by atoms with Crippen LogP contribution in [0, 0.1) is 11.8 Å². The van der Waals surface area contributed by atoms with Crippen LogP contribution in [-0.4, -0.2) is 9.97 Å². The molecule has 1 saturated carbocycles. The molecule has 0 bridgehead atoms. The molecule has 1 aliphatic carbocycles. The predicted octanol–water partition coefficient (Wildman–Crippen LogP) is 2.96. The van der Waals surface area contributed by atoms with Crippen molar-refractivity contribution in [1.29, 1.82) is 0 Å². The monoisotopic (exact) mass is 270 g/mol. The number of nitrogens with zero attached hydrogens (tertiary/aromatic N) is 2. The highest BCUT2D eigenvalue weighted by atomic mass is 15.2. The van der Waals surface area contributed by atoms with Crippen LogP contribution in [0.3, 0.4) is 0 Å². The Morgan fingerprint density at radius 3 is 2.90 bits per heavy atom. The maximum atomic E-state index is 5.87. The summed E-state index contributed by atoms with van der Waals surface area (Å²) in [7, 11) is 0. The van der Waals surface area contributed by atoms with Crippen molar-refractivity contribution < 1.29 is 0 Å². The van der Waals surface area contributed by atoms with E-state index in [-0.39, 0.29) is 6.04 Å². The minimum atomic E-state index is 0.165. The lowest BCUT2D eigenvalue weighted by molar-refractivity contribution is 0.225. The minimum absolute atomic E-state index is 0.165. The average Bonchev–Trinajstić information content (AvgIpc) is 2.48. The first-order valence-electron chi connectivity index (χ1n) is 7.45. The molecular weight excluding hydrogens is 248 g/mol. The van der Waals surface area contributed by atoms with Crippen LogP contribution in [0.4, 0.5) is 0 Å². The molecule has 1 heterocycles. The summed E-state index contributed by atoms with van der Waals surface area (Å²) in [6.07, 6.45) is 8.58. The zero-order valence-electron chi connectivity index (χ0n) is 11.9. The Hall–Kier alpha value is -1.52. The zero-order valence-corrected chi connectivity index (χ0v) is 11.9. The van der Waals surface area contributed by atoms with Crippen LogP contribution < -0.4 is 11.3 Å². The second-order valence-electron chi connectivity index (χ2n) is 5.95. The van der Waals surface area contributed by atoms with E-state index in [0.717, 1.165) is 17.0 Å². The van der Waals surface area contributed by atoms with Crippen molar-refractivity contribution in [2.45, 2.75) is 38.6 Å². The molecule has 1 aromatic carbocycles. The van der Waals surface area contributed by atoms with Gasteiger partial charge in [0.25, 0.3) is 0 Å². The van der Waals surface area contributed by atoms with E-state index in [1.165, 1.54) is 31.2 Å². The minimum Gasteiger partial charge on any atom is -0.271 e. The summed E-state index contributed by atoms with van der Waals surface area (Å²) in [6.45, 7) is 2.34. The zero-order chi connectivity index (χ0) is 13.9. The quantitative estimate of drug-likeness (QED) is 0.665. The number of rotatable bonds is 3. The van der Waals surface area contributed by atoms with Gasteiger partial charge in [0.2, 0.25) is 0 Å². The molecule has 3 atom stereocenters. The lowest BCUT2D eigenvalue weighted by Gasteiger charge is -2.33. The third-order valence-corrected chi connectivity index (χ3v) is 4.49. The second kappa shape index (κ2) is 5.85. The molecule has 2 aromatic rings. The van der Waals surface area contributed by atoms with Gasteiger partial charge in [-0.3, -0.25) is 21.2 Å². The summed E-state index contributed by atoms with van der Waals surface area (Å²) in [6, 6.07) is 6.34. The molecular formula is C16H22N4. The number of benzene rings is 1. The first-order chi connectivity index (χ1) is 9.79. The number of hydrogen-bond donors (Lipinski definition) is 2. The molecule has 4 nitrogen and oxygen atoms in total. The van der Waals surface area contributed by atoms with Gasteiger partial charge in [-0.15, -0.1) is 0 Å². The van der Waals surface area contributed by atoms with Gasteiger partial charge in [-0.05, 0) is 36.3 Å². The van der Waals surface area contributed by atoms with Crippen molar-refractivity contribution in [3.63, 3.8) is 0 Å². The molecule has 1 aliphatic rings. The average molecular weight is 270 g/mol. The number of hydrazine groups is 1. The predicted molar refractivity (Wildman–Crippen MR) is 80.7 cm³/mol. The SMILES string of the molecule is CC1CCCC(C(NN)c2cccc3nccnc23)C1. The lowest BCUT2D eigenvalue weighted by Crippen LogP contribution is -2.35. The highest BCUT2D eigenvalue weighted by molar-refractivity contribution is 5.78. The third-order valence-electron chi connectivity index (χ3n) is 4.49.